The summed E-state index contributed by atoms with van der Waals surface area (Å²) in [5.41, 5.74) is 8.52. The van der Waals surface area contributed by atoms with Gasteiger partial charge in [-0.3, -0.25) is 20.6 Å². The summed E-state index contributed by atoms with van der Waals surface area (Å²) in [5.74, 6) is 0.311. The van der Waals surface area contributed by atoms with E-state index in [9.17, 15) is 4.79 Å². The van der Waals surface area contributed by atoms with Crippen molar-refractivity contribution in [1.29, 1.82) is 0 Å². The van der Waals surface area contributed by atoms with E-state index in [0.29, 0.717) is 22.6 Å². The number of thiocarbonyl (C=S) groups is 1. The van der Waals surface area contributed by atoms with Gasteiger partial charge in [-0.15, -0.1) is 0 Å². The Morgan fingerprint density at radius 3 is 2.63 bits per heavy atom. The van der Waals surface area contributed by atoms with Crippen molar-refractivity contribution in [2.45, 2.75) is 38.6 Å². The predicted molar refractivity (Wildman–Crippen MR) is 123 cm³/mol. The van der Waals surface area contributed by atoms with Crippen molar-refractivity contribution < 1.29 is 4.79 Å². The van der Waals surface area contributed by atoms with Crippen molar-refractivity contribution in [1.82, 2.24) is 26.1 Å². The van der Waals surface area contributed by atoms with Gasteiger partial charge in [-0.25, -0.2) is 4.98 Å². The molecule has 2 unspecified atom stereocenters. The van der Waals surface area contributed by atoms with Gasteiger partial charge in [0.05, 0.1) is 16.8 Å². The summed E-state index contributed by atoms with van der Waals surface area (Å²) in [6, 6.07) is 13.5. The molecule has 2 atom stereocenters. The van der Waals surface area contributed by atoms with Crippen LogP contribution in [0.2, 0.25) is 0 Å². The maximum Gasteiger partial charge on any atom is 0.270 e. The van der Waals surface area contributed by atoms with Gasteiger partial charge in [0.1, 0.15) is 0 Å². The van der Waals surface area contributed by atoms with Crippen LogP contribution in [0.5, 0.6) is 0 Å². The first-order valence-electron chi connectivity index (χ1n) is 10.3. The highest BCUT2D eigenvalue weighted by atomic mass is 32.1. The lowest BCUT2D eigenvalue weighted by Gasteiger charge is -2.30. The molecular formula is C23H25N5OS. The molecule has 154 valence electrons. The van der Waals surface area contributed by atoms with Gasteiger partial charge < -0.3 is 5.32 Å². The molecule has 4 rings (SSSR count). The Labute approximate surface area is 181 Å². The lowest BCUT2D eigenvalue weighted by Crippen LogP contribution is -2.51. The molecule has 2 aromatic heterocycles. The summed E-state index contributed by atoms with van der Waals surface area (Å²) in [4.78, 5) is 21.8. The van der Waals surface area contributed by atoms with Crippen LogP contribution in [0.4, 0.5) is 0 Å². The van der Waals surface area contributed by atoms with Gasteiger partial charge in [0.2, 0.25) is 0 Å². The Hall–Kier alpha value is -3.06. The van der Waals surface area contributed by atoms with E-state index in [2.05, 4.69) is 28.1 Å². The van der Waals surface area contributed by atoms with Crippen molar-refractivity contribution >= 4 is 34.1 Å². The summed E-state index contributed by atoms with van der Waals surface area (Å²) >= 11 is 5.40. The second kappa shape index (κ2) is 9.17. The lowest BCUT2D eigenvalue weighted by molar-refractivity contribution is 0.0945. The van der Waals surface area contributed by atoms with E-state index >= 15 is 0 Å². The molecule has 0 saturated heterocycles. The molecular weight excluding hydrogens is 394 g/mol. The Morgan fingerprint density at radius 2 is 1.83 bits per heavy atom. The molecule has 1 fully saturated rings. The minimum absolute atomic E-state index is 0.259. The van der Waals surface area contributed by atoms with Gasteiger partial charge in [-0.05, 0) is 55.2 Å². The molecule has 7 heteroatoms. The number of nitrogens with one attached hydrogen (secondary N) is 3. The van der Waals surface area contributed by atoms with Crippen LogP contribution < -0.4 is 16.2 Å². The number of hydrogen-bond acceptors (Lipinski definition) is 4. The lowest BCUT2D eigenvalue weighted by atomic mass is 9.86. The third-order valence-corrected chi connectivity index (χ3v) is 5.87. The molecule has 0 aliphatic heterocycles. The van der Waals surface area contributed by atoms with Crippen LogP contribution in [0.3, 0.4) is 0 Å². The van der Waals surface area contributed by atoms with E-state index < -0.39 is 0 Å². The maximum absolute atomic E-state index is 13.0. The molecule has 1 aliphatic rings. The summed E-state index contributed by atoms with van der Waals surface area (Å²) < 4.78 is 0. The van der Waals surface area contributed by atoms with E-state index in [0.717, 1.165) is 28.6 Å². The van der Waals surface area contributed by atoms with Crippen molar-refractivity contribution in [3.05, 3.63) is 60.4 Å². The van der Waals surface area contributed by atoms with E-state index in [-0.39, 0.29) is 5.91 Å². The standard InChI is InChI=1S/C23H25N5OS/c1-15-6-2-4-8-19(15)26-23(30)28-27-22(29)18-14-21(16-10-12-24-13-11-16)25-20-9-5-3-7-17(18)20/h3,5,7,9-15,19H,2,4,6,8H2,1H3,(H,27,29)(H2,26,28,30). The topological polar surface area (TPSA) is 78.9 Å². The van der Waals surface area contributed by atoms with Crippen molar-refractivity contribution in [2.75, 3.05) is 0 Å². The molecule has 2 heterocycles. The summed E-state index contributed by atoms with van der Waals surface area (Å²) in [5, 5.41) is 4.56. The first-order valence-corrected chi connectivity index (χ1v) is 10.7. The number of hydrogen-bond donors (Lipinski definition) is 3. The van der Waals surface area contributed by atoms with Crippen LogP contribution in [0.15, 0.2) is 54.9 Å². The number of carbonyl (C=O) groups excluding carboxylic acids is 1. The number of para-hydroxylation sites is 1. The van der Waals surface area contributed by atoms with Gasteiger partial charge in [0, 0.05) is 29.4 Å². The normalized spacial score (nSPS) is 18.6. The fraction of sp³-hybridized carbons (Fsp3) is 0.304. The molecule has 3 N–H and O–H groups in total. The molecule has 0 spiro atoms. The second-order valence-electron chi connectivity index (χ2n) is 7.73. The Balaban J connectivity index is 1.51. The smallest absolute Gasteiger partial charge is 0.270 e. The van der Waals surface area contributed by atoms with Gasteiger partial charge in [0.15, 0.2) is 5.11 Å². The van der Waals surface area contributed by atoms with Gasteiger partial charge in [0.25, 0.3) is 5.91 Å². The molecule has 6 nitrogen and oxygen atoms in total. The van der Waals surface area contributed by atoms with E-state index in [1.807, 2.05) is 36.4 Å². The average molecular weight is 420 g/mol. The minimum atomic E-state index is -0.259. The zero-order valence-electron chi connectivity index (χ0n) is 16.9. The van der Waals surface area contributed by atoms with Crippen molar-refractivity contribution in [2.24, 2.45) is 5.92 Å². The summed E-state index contributed by atoms with van der Waals surface area (Å²) in [7, 11) is 0. The number of pyridine rings is 2. The number of benzene rings is 1. The highest BCUT2D eigenvalue weighted by Crippen LogP contribution is 2.25. The molecule has 1 aliphatic carbocycles. The van der Waals surface area contributed by atoms with Crippen LogP contribution >= 0.6 is 12.2 Å². The Kier molecular flexibility index (Phi) is 6.18. The SMILES string of the molecule is CC1CCCCC1NC(=S)NNC(=O)c1cc(-c2ccncc2)nc2ccccc12. The molecule has 30 heavy (non-hydrogen) atoms. The zero-order chi connectivity index (χ0) is 20.9. The van der Waals surface area contributed by atoms with Crippen molar-refractivity contribution in [3.8, 4) is 11.3 Å². The molecule has 1 saturated carbocycles. The zero-order valence-corrected chi connectivity index (χ0v) is 17.7. The fourth-order valence-corrected chi connectivity index (χ4v) is 4.15. The maximum atomic E-state index is 13.0. The largest absolute Gasteiger partial charge is 0.358 e. The molecule has 0 radical (unpaired) electrons. The van der Waals surface area contributed by atoms with Crippen LogP contribution in [0.1, 0.15) is 43.0 Å². The number of carbonyl (C=O) groups is 1. The van der Waals surface area contributed by atoms with Crippen LogP contribution in [0.25, 0.3) is 22.2 Å². The first kappa shape index (κ1) is 20.2. The number of rotatable bonds is 3. The van der Waals surface area contributed by atoms with Crippen LogP contribution in [-0.4, -0.2) is 27.0 Å². The molecule has 0 bridgehead atoms. The van der Waals surface area contributed by atoms with Crippen molar-refractivity contribution in [3.63, 3.8) is 0 Å². The molecule has 1 amide bonds. The van der Waals surface area contributed by atoms with Gasteiger partial charge >= 0.3 is 0 Å². The van der Waals surface area contributed by atoms with Gasteiger partial charge in [-0.1, -0.05) is 38.0 Å². The summed E-state index contributed by atoms with van der Waals surface area (Å²) in [6.45, 7) is 2.24. The number of amides is 1. The number of fused-ring (bicyclic) bond motifs is 1. The quantitative estimate of drug-likeness (QED) is 0.440. The van der Waals surface area contributed by atoms with Crippen LogP contribution in [-0.2, 0) is 0 Å². The van der Waals surface area contributed by atoms with E-state index in [4.69, 9.17) is 17.2 Å². The fourth-order valence-electron chi connectivity index (χ4n) is 3.95. The number of hydrazine groups is 1. The van der Waals surface area contributed by atoms with Crippen LogP contribution in [0, 0.1) is 5.92 Å². The summed E-state index contributed by atoms with van der Waals surface area (Å²) in [6.07, 6.45) is 8.20. The predicted octanol–water partition coefficient (Wildman–Crippen LogP) is 3.98. The molecule has 1 aromatic carbocycles. The highest BCUT2D eigenvalue weighted by molar-refractivity contribution is 7.80. The average Bonchev–Trinajstić information content (AvgIpc) is 2.79. The highest BCUT2D eigenvalue weighted by Gasteiger charge is 2.22. The Bertz CT molecular complexity index is 1060. The minimum Gasteiger partial charge on any atom is -0.358 e. The van der Waals surface area contributed by atoms with Gasteiger partial charge in [-0.2, -0.15) is 0 Å². The number of nitrogens with zero attached hydrogens (tertiary/aromatic N) is 2. The number of aromatic nitrogens is 2. The monoisotopic (exact) mass is 419 g/mol. The first-order chi connectivity index (χ1) is 14.6. The molecule has 3 aromatic rings. The third kappa shape index (κ3) is 4.57. The van der Waals surface area contributed by atoms with E-state index in [1.165, 1.54) is 19.3 Å². The van der Waals surface area contributed by atoms with E-state index in [1.54, 1.807) is 18.5 Å². The third-order valence-electron chi connectivity index (χ3n) is 5.65. The second-order valence-corrected chi connectivity index (χ2v) is 8.14. The Morgan fingerprint density at radius 1 is 1.07 bits per heavy atom.